The third kappa shape index (κ3) is 5.97. The molecule has 0 spiro atoms. The summed E-state index contributed by atoms with van der Waals surface area (Å²) in [6, 6.07) is 15.3. The Kier molecular flexibility index (Phi) is 6.51. The molecule has 0 saturated carbocycles. The van der Waals surface area contributed by atoms with Gasteiger partial charge in [-0.15, -0.1) is 0 Å². The number of amides is 2. The van der Waals surface area contributed by atoms with E-state index in [-0.39, 0.29) is 25.0 Å². The molecule has 2 rings (SSSR count). The number of hydrogen-bond donors (Lipinski definition) is 2. The van der Waals surface area contributed by atoms with E-state index in [1.807, 2.05) is 6.07 Å². The van der Waals surface area contributed by atoms with Gasteiger partial charge in [-0.1, -0.05) is 0 Å². The smallest absolute Gasteiger partial charge is 0.250 e. The van der Waals surface area contributed by atoms with Crippen LogP contribution in [-0.2, 0) is 14.3 Å². The highest BCUT2D eigenvalue weighted by Crippen LogP contribution is 2.14. The molecule has 0 aliphatic carbocycles. The van der Waals surface area contributed by atoms with E-state index in [0.29, 0.717) is 22.7 Å². The van der Waals surface area contributed by atoms with E-state index >= 15 is 0 Å². The third-order valence-electron chi connectivity index (χ3n) is 3.14. The summed E-state index contributed by atoms with van der Waals surface area (Å²) in [4.78, 5) is 23.5. The molecule has 128 valence electrons. The second kappa shape index (κ2) is 9.05. The van der Waals surface area contributed by atoms with Crippen molar-refractivity contribution >= 4 is 23.2 Å². The Hall–Kier alpha value is -3.37. The van der Waals surface area contributed by atoms with Gasteiger partial charge in [0.1, 0.15) is 19.0 Å². The van der Waals surface area contributed by atoms with Crippen molar-refractivity contribution in [3.63, 3.8) is 0 Å². The normalized spacial score (nSPS) is 9.76. The van der Waals surface area contributed by atoms with Gasteiger partial charge in [0.25, 0.3) is 0 Å². The predicted octanol–water partition coefficient (Wildman–Crippen LogP) is 2.16. The van der Waals surface area contributed by atoms with E-state index in [9.17, 15) is 9.59 Å². The number of carbonyl (C=O) groups is 2. The van der Waals surface area contributed by atoms with Crippen molar-refractivity contribution in [1.82, 2.24) is 0 Å². The first-order valence-electron chi connectivity index (χ1n) is 7.42. The number of hydrogen-bond acceptors (Lipinski definition) is 5. The number of nitriles is 1. The summed E-state index contributed by atoms with van der Waals surface area (Å²) < 4.78 is 10.1. The molecule has 0 bridgehead atoms. The summed E-state index contributed by atoms with van der Waals surface area (Å²) in [5.41, 5.74) is 1.66. The van der Waals surface area contributed by atoms with E-state index < -0.39 is 0 Å². The lowest BCUT2D eigenvalue weighted by atomic mass is 10.2. The van der Waals surface area contributed by atoms with Gasteiger partial charge in [0.05, 0.1) is 18.7 Å². The molecular weight excluding hydrogens is 322 g/mol. The van der Waals surface area contributed by atoms with E-state index in [2.05, 4.69) is 10.6 Å². The number of ether oxygens (including phenoxy) is 2. The molecule has 0 aliphatic rings. The summed E-state index contributed by atoms with van der Waals surface area (Å²) >= 11 is 0. The van der Waals surface area contributed by atoms with Crippen molar-refractivity contribution in [1.29, 1.82) is 5.26 Å². The van der Waals surface area contributed by atoms with Crippen molar-refractivity contribution in [2.75, 3.05) is 31.0 Å². The maximum Gasteiger partial charge on any atom is 0.250 e. The fraction of sp³-hybridized carbons (Fsp3) is 0.167. The van der Waals surface area contributed by atoms with Crippen LogP contribution in [0, 0.1) is 11.3 Å². The number of nitrogens with one attached hydrogen (secondary N) is 2. The van der Waals surface area contributed by atoms with E-state index in [1.165, 1.54) is 0 Å². The van der Waals surface area contributed by atoms with Crippen molar-refractivity contribution in [2.24, 2.45) is 0 Å². The Morgan fingerprint density at radius 1 is 0.920 bits per heavy atom. The Balaban J connectivity index is 1.70. The largest absolute Gasteiger partial charge is 0.497 e. The van der Waals surface area contributed by atoms with Crippen LogP contribution < -0.4 is 15.4 Å². The van der Waals surface area contributed by atoms with Crippen LogP contribution in [0.25, 0.3) is 0 Å². The minimum absolute atomic E-state index is 0.243. The summed E-state index contributed by atoms with van der Waals surface area (Å²) in [5, 5.41) is 14.0. The lowest BCUT2D eigenvalue weighted by Crippen LogP contribution is -2.23. The first-order chi connectivity index (χ1) is 12.1. The summed E-state index contributed by atoms with van der Waals surface area (Å²) in [7, 11) is 1.56. The number of nitrogens with zero attached hydrogens (tertiary/aromatic N) is 1. The lowest BCUT2D eigenvalue weighted by molar-refractivity contribution is -0.125. The van der Waals surface area contributed by atoms with Crippen molar-refractivity contribution < 1.29 is 19.1 Å². The average molecular weight is 339 g/mol. The first-order valence-corrected chi connectivity index (χ1v) is 7.42. The van der Waals surface area contributed by atoms with Crippen LogP contribution in [0.2, 0.25) is 0 Å². The molecule has 2 aromatic carbocycles. The zero-order valence-electron chi connectivity index (χ0n) is 13.6. The zero-order valence-corrected chi connectivity index (χ0v) is 13.6. The monoisotopic (exact) mass is 339 g/mol. The minimum Gasteiger partial charge on any atom is -0.497 e. The van der Waals surface area contributed by atoms with Crippen LogP contribution in [0.3, 0.4) is 0 Å². The molecule has 0 saturated heterocycles. The summed E-state index contributed by atoms with van der Waals surface area (Å²) in [6.07, 6.45) is 0. The second-order valence-corrected chi connectivity index (χ2v) is 5.01. The SMILES string of the molecule is COc1ccc(NC(=O)COCC(=O)Nc2ccc(C#N)cc2)cc1. The molecule has 0 radical (unpaired) electrons. The molecular formula is C18H17N3O4. The van der Waals surface area contributed by atoms with Gasteiger partial charge in [0.2, 0.25) is 11.8 Å². The molecule has 2 amide bonds. The van der Waals surface area contributed by atoms with E-state index in [0.717, 1.165) is 0 Å². The molecule has 2 aromatic rings. The third-order valence-corrected chi connectivity index (χ3v) is 3.14. The molecule has 0 fully saturated rings. The predicted molar refractivity (Wildman–Crippen MR) is 92.2 cm³/mol. The Morgan fingerprint density at radius 2 is 1.40 bits per heavy atom. The zero-order chi connectivity index (χ0) is 18.1. The summed E-state index contributed by atoms with van der Waals surface area (Å²) in [6.45, 7) is -0.497. The summed E-state index contributed by atoms with van der Waals surface area (Å²) in [5.74, 6) is -0.0629. The standard InChI is InChI=1S/C18H17N3O4/c1-24-16-8-6-15(7-9-16)21-18(23)12-25-11-17(22)20-14-4-2-13(10-19)3-5-14/h2-9H,11-12H2,1H3,(H,20,22)(H,21,23). The van der Waals surface area contributed by atoms with Gasteiger partial charge in [-0.05, 0) is 48.5 Å². The Morgan fingerprint density at radius 3 is 1.84 bits per heavy atom. The van der Waals surface area contributed by atoms with Crippen LogP contribution >= 0.6 is 0 Å². The molecule has 25 heavy (non-hydrogen) atoms. The van der Waals surface area contributed by atoms with Crippen LogP contribution in [0.4, 0.5) is 11.4 Å². The minimum atomic E-state index is -0.387. The van der Waals surface area contributed by atoms with Crippen molar-refractivity contribution in [2.45, 2.75) is 0 Å². The molecule has 0 heterocycles. The molecule has 7 nitrogen and oxygen atoms in total. The number of benzene rings is 2. The van der Waals surface area contributed by atoms with Gasteiger partial charge >= 0.3 is 0 Å². The topological polar surface area (TPSA) is 100 Å². The van der Waals surface area contributed by atoms with Gasteiger partial charge in [-0.25, -0.2) is 0 Å². The molecule has 0 aliphatic heterocycles. The van der Waals surface area contributed by atoms with Gasteiger partial charge in [0.15, 0.2) is 0 Å². The first kappa shape index (κ1) is 18.0. The lowest BCUT2D eigenvalue weighted by Gasteiger charge is -2.08. The van der Waals surface area contributed by atoms with Gasteiger partial charge in [0, 0.05) is 11.4 Å². The number of rotatable bonds is 7. The van der Waals surface area contributed by atoms with Crippen LogP contribution in [0.5, 0.6) is 5.75 Å². The Labute approximate surface area is 145 Å². The van der Waals surface area contributed by atoms with Crippen LogP contribution in [-0.4, -0.2) is 32.1 Å². The average Bonchev–Trinajstić information content (AvgIpc) is 2.63. The molecule has 7 heteroatoms. The van der Waals surface area contributed by atoms with E-state index in [4.69, 9.17) is 14.7 Å². The molecule has 0 aromatic heterocycles. The maximum absolute atomic E-state index is 11.7. The maximum atomic E-state index is 11.7. The van der Waals surface area contributed by atoms with Gasteiger partial charge in [-0.3, -0.25) is 9.59 Å². The Bertz CT molecular complexity index is 764. The van der Waals surface area contributed by atoms with Crippen LogP contribution in [0.15, 0.2) is 48.5 Å². The van der Waals surface area contributed by atoms with Gasteiger partial charge < -0.3 is 20.1 Å². The highest BCUT2D eigenvalue weighted by molar-refractivity contribution is 5.93. The fourth-order valence-electron chi connectivity index (χ4n) is 1.93. The number of methoxy groups -OCH3 is 1. The quantitative estimate of drug-likeness (QED) is 0.805. The van der Waals surface area contributed by atoms with Crippen molar-refractivity contribution in [3.8, 4) is 11.8 Å². The highest BCUT2D eigenvalue weighted by atomic mass is 16.5. The van der Waals surface area contributed by atoms with Gasteiger partial charge in [-0.2, -0.15) is 5.26 Å². The number of carbonyl (C=O) groups excluding carboxylic acids is 2. The van der Waals surface area contributed by atoms with E-state index in [1.54, 1.807) is 55.6 Å². The van der Waals surface area contributed by atoms with Crippen LogP contribution in [0.1, 0.15) is 5.56 Å². The fourth-order valence-corrected chi connectivity index (χ4v) is 1.93. The molecule has 0 unspecified atom stereocenters. The number of anilines is 2. The second-order valence-electron chi connectivity index (χ2n) is 5.01. The molecule has 2 N–H and O–H groups in total. The highest BCUT2D eigenvalue weighted by Gasteiger charge is 2.06. The van der Waals surface area contributed by atoms with Crippen molar-refractivity contribution in [3.05, 3.63) is 54.1 Å². The molecule has 0 atom stereocenters.